The van der Waals surface area contributed by atoms with Crippen molar-refractivity contribution in [2.75, 3.05) is 13.1 Å². The number of aliphatic carboxylic acids is 1. The Bertz CT molecular complexity index is 1000. The summed E-state index contributed by atoms with van der Waals surface area (Å²) in [6, 6.07) is 10.7. The number of likely N-dealkylation sites (tertiary alicyclic amines) is 1. The summed E-state index contributed by atoms with van der Waals surface area (Å²) in [7, 11) is 0. The van der Waals surface area contributed by atoms with Crippen molar-refractivity contribution in [1.29, 1.82) is 0 Å². The fourth-order valence-corrected chi connectivity index (χ4v) is 4.51. The lowest BCUT2D eigenvalue weighted by Gasteiger charge is -2.43. The van der Waals surface area contributed by atoms with E-state index in [1.807, 2.05) is 30.3 Å². The Labute approximate surface area is 168 Å². The lowest BCUT2D eigenvalue weighted by Crippen LogP contribution is -2.58. The van der Waals surface area contributed by atoms with E-state index in [4.69, 9.17) is 0 Å². The number of aliphatic hydroxyl groups excluding tert-OH is 1. The normalized spacial score (nSPS) is 23.6. The number of carbonyl (C=O) groups is 2. The molecular formula is C22H24N2O5. The number of nitrogens with one attached hydrogen (secondary N) is 1. The van der Waals surface area contributed by atoms with Crippen LogP contribution in [-0.2, 0) is 24.1 Å². The number of fused-ring (bicyclic) bond motifs is 1. The summed E-state index contributed by atoms with van der Waals surface area (Å²) in [5, 5.41) is 20.6. The van der Waals surface area contributed by atoms with Gasteiger partial charge < -0.3 is 20.1 Å². The largest absolute Gasteiger partial charge is 0.481 e. The Kier molecular flexibility index (Phi) is 5.00. The van der Waals surface area contributed by atoms with Crippen LogP contribution in [0.15, 0.2) is 41.2 Å². The zero-order chi connectivity index (χ0) is 20.6. The van der Waals surface area contributed by atoms with Gasteiger partial charge in [0.15, 0.2) is 0 Å². The number of hydrogen-bond acceptors (Lipinski definition) is 4. The number of carboxylic acids is 1. The minimum Gasteiger partial charge on any atom is -0.481 e. The Morgan fingerprint density at radius 2 is 1.97 bits per heavy atom. The van der Waals surface area contributed by atoms with Crippen molar-refractivity contribution in [2.45, 2.75) is 38.2 Å². The summed E-state index contributed by atoms with van der Waals surface area (Å²) in [5.74, 6) is -1.62. The zero-order valence-corrected chi connectivity index (χ0v) is 16.1. The first-order valence-corrected chi connectivity index (χ1v) is 9.90. The monoisotopic (exact) mass is 396 g/mol. The van der Waals surface area contributed by atoms with Gasteiger partial charge in [0.1, 0.15) is 11.0 Å². The predicted molar refractivity (Wildman–Crippen MR) is 106 cm³/mol. The number of aromatic amines is 1. The number of aliphatic hydroxyl groups is 1. The quantitative estimate of drug-likeness (QED) is 0.723. The molecule has 1 amide bonds. The van der Waals surface area contributed by atoms with E-state index in [0.717, 1.165) is 36.1 Å². The number of rotatable bonds is 4. The number of carbonyl (C=O) groups excluding carboxylic acids is 1. The third-order valence-corrected chi connectivity index (χ3v) is 6.18. The minimum absolute atomic E-state index is 0.0426. The highest BCUT2D eigenvalue weighted by molar-refractivity contribution is 5.94. The first-order valence-electron chi connectivity index (χ1n) is 9.90. The lowest BCUT2D eigenvalue weighted by atomic mass is 9.72. The van der Waals surface area contributed by atoms with Crippen molar-refractivity contribution < 1.29 is 19.8 Å². The molecule has 1 aromatic heterocycles. The van der Waals surface area contributed by atoms with Gasteiger partial charge >= 0.3 is 5.97 Å². The first kappa shape index (κ1) is 19.4. The fraction of sp³-hybridized carbons (Fsp3) is 0.409. The second-order valence-corrected chi connectivity index (χ2v) is 8.02. The Balaban J connectivity index is 1.65. The molecule has 152 valence electrons. The molecule has 1 aliphatic carbocycles. The van der Waals surface area contributed by atoms with Gasteiger partial charge in [0.05, 0.1) is 6.10 Å². The SMILES string of the molecule is O=C(c1cc2c([nH]c1=O)CCC2)N1CC[C@H](O)[C@](Cc2ccccc2)(C(=O)O)C1. The predicted octanol–water partition coefficient (Wildman–Crippen LogP) is 1.38. The second-order valence-electron chi connectivity index (χ2n) is 8.02. The summed E-state index contributed by atoms with van der Waals surface area (Å²) in [5.41, 5.74) is 0.715. The van der Waals surface area contributed by atoms with Crippen LogP contribution in [0.5, 0.6) is 0 Å². The summed E-state index contributed by atoms with van der Waals surface area (Å²) in [4.78, 5) is 42.0. The highest BCUT2D eigenvalue weighted by Gasteiger charge is 2.50. The molecule has 1 fully saturated rings. The Hall–Kier alpha value is -2.93. The molecule has 4 rings (SSSR count). The van der Waals surface area contributed by atoms with Gasteiger partial charge in [-0.2, -0.15) is 0 Å². The van der Waals surface area contributed by atoms with Crippen molar-refractivity contribution in [3.8, 4) is 0 Å². The molecule has 1 aliphatic heterocycles. The summed E-state index contributed by atoms with van der Waals surface area (Å²) >= 11 is 0. The van der Waals surface area contributed by atoms with Crippen LogP contribution in [0.4, 0.5) is 0 Å². The maximum atomic E-state index is 13.1. The van der Waals surface area contributed by atoms with Crippen molar-refractivity contribution >= 4 is 11.9 Å². The molecule has 29 heavy (non-hydrogen) atoms. The van der Waals surface area contributed by atoms with Crippen LogP contribution in [0.1, 0.15) is 40.0 Å². The van der Waals surface area contributed by atoms with Gasteiger partial charge in [-0.15, -0.1) is 0 Å². The zero-order valence-electron chi connectivity index (χ0n) is 16.1. The molecule has 2 aromatic rings. The van der Waals surface area contributed by atoms with Crippen LogP contribution in [0.3, 0.4) is 0 Å². The summed E-state index contributed by atoms with van der Waals surface area (Å²) in [6.07, 6.45) is 1.73. The molecule has 7 heteroatoms. The van der Waals surface area contributed by atoms with Gasteiger partial charge in [-0.25, -0.2) is 0 Å². The number of aromatic nitrogens is 1. The summed E-state index contributed by atoms with van der Waals surface area (Å²) in [6.45, 7) is 0.0636. The lowest BCUT2D eigenvalue weighted by molar-refractivity contribution is -0.161. The third-order valence-electron chi connectivity index (χ3n) is 6.18. The first-order chi connectivity index (χ1) is 13.9. The van der Waals surface area contributed by atoms with Crippen molar-refractivity contribution in [3.63, 3.8) is 0 Å². The number of amides is 1. The van der Waals surface area contributed by atoms with Crippen LogP contribution in [-0.4, -0.2) is 51.2 Å². The number of benzene rings is 1. The van der Waals surface area contributed by atoms with E-state index in [0.29, 0.717) is 0 Å². The molecule has 0 radical (unpaired) electrons. The van der Waals surface area contributed by atoms with Gasteiger partial charge in [-0.1, -0.05) is 30.3 Å². The van der Waals surface area contributed by atoms with Gasteiger partial charge in [0.25, 0.3) is 11.5 Å². The third kappa shape index (κ3) is 3.46. The molecule has 0 saturated carbocycles. The molecule has 3 N–H and O–H groups in total. The van der Waals surface area contributed by atoms with E-state index >= 15 is 0 Å². The van der Waals surface area contributed by atoms with Crippen molar-refractivity contribution in [1.82, 2.24) is 9.88 Å². The standard InChI is InChI=1S/C22H24N2O5/c25-18-9-10-24(13-22(18,21(28)29)12-14-5-2-1-3-6-14)20(27)16-11-15-7-4-8-17(15)23-19(16)26/h1-3,5-6,11,18,25H,4,7-10,12-13H2,(H,23,26)(H,28,29)/t18-,22+/m0/s1. The van der Waals surface area contributed by atoms with Crippen molar-refractivity contribution in [2.24, 2.45) is 5.41 Å². The van der Waals surface area contributed by atoms with Crippen LogP contribution in [0.25, 0.3) is 0 Å². The van der Waals surface area contributed by atoms with E-state index in [2.05, 4.69) is 4.98 Å². The average molecular weight is 396 g/mol. The number of hydrogen-bond donors (Lipinski definition) is 3. The topological polar surface area (TPSA) is 111 Å². The van der Waals surface area contributed by atoms with Crippen LogP contribution < -0.4 is 5.56 Å². The Morgan fingerprint density at radius 1 is 1.21 bits per heavy atom. The van der Waals surface area contributed by atoms with Crippen molar-refractivity contribution in [3.05, 3.63) is 69.1 Å². The smallest absolute Gasteiger partial charge is 0.314 e. The molecule has 0 unspecified atom stereocenters. The number of carboxylic acid groups (broad SMARTS) is 1. The molecular weight excluding hydrogens is 372 g/mol. The van der Waals surface area contributed by atoms with E-state index in [9.17, 15) is 24.6 Å². The van der Waals surface area contributed by atoms with E-state index in [1.54, 1.807) is 6.07 Å². The number of piperidine rings is 1. The van der Waals surface area contributed by atoms with E-state index in [1.165, 1.54) is 4.90 Å². The molecule has 2 heterocycles. The molecule has 0 spiro atoms. The maximum absolute atomic E-state index is 13.1. The molecule has 2 atom stereocenters. The highest BCUT2D eigenvalue weighted by Crippen LogP contribution is 2.35. The molecule has 1 saturated heterocycles. The van der Waals surface area contributed by atoms with Gasteiger partial charge in [0, 0.05) is 18.8 Å². The van der Waals surface area contributed by atoms with Crippen LogP contribution in [0, 0.1) is 5.41 Å². The van der Waals surface area contributed by atoms with Crippen LogP contribution >= 0.6 is 0 Å². The number of nitrogens with zero attached hydrogens (tertiary/aromatic N) is 1. The van der Waals surface area contributed by atoms with E-state index in [-0.39, 0.29) is 31.5 Å². The Morgan fingerprint density at radius 3 is 2.69 bits per heavy atom. The minimum atomic E-state index is -1.52. The van der Waals surface area contributed by atoms with Gasteiger partial charge in [-0.05, 0) is 49.3 Å². The maximum Gasteiger partial charge on any atom is 0.314 e. The molecule has 7 nitrogen and oxygen atoms in total. The second kappa shape index (κ2) is 7.48. The van der Waals surface area contributed by atoms with Crippen LogP contribution in [0.2, 0.25) is 0 Å². The van der Waals surface area contributed by atoms with Gasteiger partial charge in [-0.3, -0.25) is 14.4 Å². The van der Waals surface area contributed by atoms with E-state index < -0.39 is 29.0 Å². The number of aryl methyl sites for hydroxylation is 2. The highest BCUT2D eigenvalue weighted by atomic mass is 16.4. The number of pyridine rings is 1. The molecule has 1 aromatic carbocycles. The molecule has 2 aliphatic rings. The average Bonchev–Trinajstić information content (AvgIpc) is 3.16. The van der Waals surface area contributed by atoms with Gasteiger partial charge in [0.2, 0.25) is 0 Å². The molecule has 0 bridgehead atoms. The fourth-order valence-electron chi connectivity index (χ4n) is 4.51. The number of H-pyrrole nitrogens is 1. The summed E-state index contributed by atoms with van der Waals surface area (Å²) < 4.78 is 0.